The van der Waals surface area contributed by atoms with Crippen molar-refractivity contribution < 1.29 is 4.79 Å². The summed E-state index contributed by atoms with van der Waals surface area (Å²) in [6.45, 7) is 0. The molecule has 1 N–H and O–H groups in total. The second-order valence-corrected chi connectivity index (χ2v) is 5.25. The van der Waals surface area contributed by atoms with E-state index >= 15 is 0 Å². The van der Waals surface area contributed by atoms with Gasteiger partial charge in [0.15, 0.2) is 0 Å². The maximum Gasteiger partial charge on any atom is 0.265 e. The molecule has 4 heteroatoms. The third-order valence-electron chi connectivity index (χ3n) is 2.53. The van der Waals surface area contributed by atoms with Crippen molar-refractivity contribution >= 4 is 34.5 Å². The fourth-order valence-electron chi connectivity index (χ4n) is 1.68. The van der Waals surface area contributed by atoms with Crippen LogP contribution in [0, 0.1) is 0 Å². The molecule has 0 radical (unpaired) electrons. The van der Waals surface area contributed by atoms with Crippen LogP contribution in [0.2, 0.25) is 0 Å². The van der Waals surface area contributed by atoms with Crippen LogP contribution in [0.15, 0.2) is 41.8 Å². The van der Waals surface area contributed by atoms with E-state index in [2.05, 4.69) is 5.32 Å². The molecule has 0 bridgehead atoms. The number of anilines is 1. The standard InChI is InChI=1S/C14H14ClNOS/c15-8-2-5-11-4-1-6-12(10-11)16-14(17)13-7-3-9-18-13/h1,3-4,6-7,9-10H,2,5,8H2,(H,16,17). The Morgan fingerprint density at radius 3 is 2.89 bits per heavy atom. The molecule has 0 saturated heterocycles. The van der Waals surface area contributed by atoms with Gasteiger partial charge in [-0.3, -0.25) is 4.79 Å². The summed E-state index contributed by atoms with van der Waals surface area (Å²) in [5, 5.41) is 4.79. The van der Waals surface area contributed by atoms with Crippen molar-refractivity contribution in [3.8, 4) is 0 Å². The fraction of sp³-hybridized carbons (Fsp3) is 0.214. The predicted molar refractivity (Wildman–Crippen MR) is 77.8 cm³/mol. The minimum absolute atomic E-state index is 0.0560. The number of alkyl halides is 1. The Morgan fingerprint density at radius 2 is 2.17 bits per heavy atom. The van der Waals surface area contributed by atoms with E-state index < -0.39 is 0 Å². The Hall–Kier alpha value is -1.32. The number of benzene rings is 1. The summed E-state index contributed by atoms with van der Waals surface area (Å²) in [4.78, 5) is 12.6. The van der Waals surface area contributed by atoms with Gasteiger partial charge < -0.3 is 5.32 Å². The maximum absolute atomic E-state index is 11.9. The van der Waals surface area contributed by atoms with Gasteiger partial charge >= 0.3 is 0 Å². The summed E-state index contributed by atoms with van der Waals surface area (Å²) in [5.74, 6) is 0.602. The molecule has 1 heterocycles. The van der Waals surface area contributed by atoms with Crippen molar-refractivity contribution in [2.45, 2.75) is 12.8 Å². The van der Waals surface area contributed by atoms with Crippen LogP contribution in [0.3, 0.4) is 0 Å². The van der Waals surface area contributed by atoms with Crippen LogP contribution in [0.1, 0.15) is 21.7 Å². The van der Waals surface area contributed by atoms with Crippen LogP contribution in [0.5, 0.6) is 0 Å². The fourth-order valence-corrected chi connectivity index (χ4v) is 2.43. The second kappa shape index (κ2) is 6.57. The molecular formula is C14H14ClNOS. The van der Waals surface area contributed by atoms with E-state index in [1.807, 2.05) is 41.8 Å². The van der Waals surface area contributed by atoms with E-state index in [-0.39, 0.29) is 5.91 Å². The molecule has 94 valence electrons. The molecule has 1 aromatic heterocycles. The molecule has 0 atom stereocenters. The first kappa shape index (κ1) is 13.1. The normalized spacial score (nSPS) is 10.3. The molecule has 1 aromatic carbocycles. The van der Waals surface area contributed by atoms with Crippen LogP contribution in [0.25, 0.3) is 0 Å². The number of hydrogen-bond donors (Lipinski definition) is 1. The number of nitrogens with one attached hydrogen (secondary N) is 1. The molecule has 18 heavy (non-hydrogen) atoms. The van der Waals surface area contributed by atoms with Gasteiger partial charge in [0.05, 0.1) is 4.88 Å². The molecule has 0 aliphatic carbocycles. The number of rotatable bonds is 5. The van der Waals surface area contributed by atoms with Gasteiger partial charge in [-0.1, -0.05) is 18.2 Å². The maximum atomic E-state index is 11.9. The van der Waals surface area contributed by atoms with Crippen molar-refractivity contribution in [2.24, 2.45) is 0 Å². The summed E-state index contributed by atoms with van der Waals surface area (Å²) in [6.07, 6.45) is 1.89. The smallest absolute Gasteiger partial charge is 0.265 e. The Kier molecular flexibility index (Phi) is 4.79. The molecule has 0 spiro atoms. The van der Waals surface area contributed by atoms with Gasteiger partial charge in [0.1, 0.15) is 0 Å². The van der Waals surface area contributed by atoms with Crippen LogP contribution in [-0.4, -0.2) is 11.8 Å². The van der Waals surface area contributed by atoms with Crippen molar-refractivity contribution in [3.63, 3.8) is 0 Å². The van der Waals surface area contributed by atoms with Gasteiger partial charge in [0.2, 0.25) is 0 Å². The molecular weight excluding hydrogens is 266 g/mol. The lowest BCUT2D eigenvalue weighted by Crippen LogP contribution is -2.10. The van der Waals surface area contributed by atoms with Crippen LogP contribution in [0.4, 0.5) is 5.69 Å². The van der Waals surface area contributed by atoms with Crippen LogP contribution < -0.4 is 5.32 Å². The highest BCUT2D eigenvalue weighted by atomic mass is 35.5. The molecule has 2 nitrogen and oxygen atoms in total. The average molecular weight is 280 g/mol. The topological polar surface area (TPSA) is 29.1 Å². The number of carbonyl (C=O) groups excluding carboxylic acids is 1. The highest BCUT2D eigenvalue weighted by Crippen LogP contribution is 2.15. The van der Waals surface area contributed by atoms with Crippen molar-refractivity contribution in [1.29, 1.82) is 0 Å². The second-order valence-electron chi connectivity index (χ2n) is 3.92. The highest BCUT2D eigenvalue weighted by Gasteiger charge is 2.06. The summed E-state index contributed by atoms with van der Waals surface area (Å²) in [5.41, 5.74) is 2.03. The number of hydrogen-bond acceptors (Lipinski definition) is 2. The van der Waals surface area contributed by atoms with Crippen molar-refractivity contribution in [3.05, 3.63) is 52.2 Å². The highest BCUT2D eigenvalue weighted by molar-refractivity contribution is 7.12. The third kappa shape index (κ3) is 3.59. The van der Waals surface area contributed by atoms with Gasteiger partial charge in [-0.2, -0.15) is 0 Å². The molecule has 0 aliphatic rings. The van der Waals surface area contributed by atoms with Gasteiger partial charge in [0.25, 0.3) is 5.91 Å². The zero-order chi connectivity index (χ0) is 12.8. The first-order valence-electron chi connectivity index (χ1n) is 5.79. The molecule has 0 aliphatic heterocycles. The summed E-state index contributed by atoms with van der Waals surface area (Å²) in [6, 6.07) is 11.6. The van der Waals surface area contributed by atoms with Gasteiger partial charge in [0, 0.05) is 11.6 Å². The number of aryl methyl sites for hydroxylation is 1. The first-order chi connectivity index (χ1) is 8.79. The lowest BCUT2D eigenvalue weighted by atomic mass is 10.1. The molecule has 0 saturated carbocycles. The lowest BCUT2D eigenvalue weighted by Gasteiger charge is -2.06. The number of carbonyl (C=O) groups is 1. The van der Waals surface area contributed by atoms with Gasteiger partial charge in [-0.05, 0) is 42.0 Å². The molecule has 0 fully saturated rings. The monoisotopic (exact) mass is 279 g/mol. The van der Waals surface area contributed by atoms with Crippen LogP contribution >= 0.6 is 22.9 Å². The quantitative estimate of drug-likeness (QED) is 0.818. The Bertz CT molecular complexity index is 510. The van der Waals surface area contributed by atoms with E-state index in [0.29, 0.717) is 5.88 Å². The average Bonchev–Trinajstić information content (AvgIpc) is 2.91. The Morgan fingerprint density at radius 1 is 1.28 bits per heavy atom. The van der Waals surface area contributed by atoms with E-state index in [1.165, 1.54) is 16.9 Å². The molecule has 2 aromatic rings. The third-order valence-corrected chi connectivity index (χ3v) is 3.66. The zero-order valence-corrected chi connectivity index (χ0v) is 11.4. The minimum Gasteiger partial charge on any atom is -0.321 e. The Balaban J connectivity index is 2.03. The predicted octanol–water partition coefficient (Wildman–Crippen LogP) is 4.17. The van der Waals surface area contributed by atoms with E-state index in [9.17, 15) is 4.79 Å². The molecule has 2 rings (SSSR count). The van der Waals surface area contributed by atoms with Gasteiger partial charge in [-0.25, -0.2) is 0 Å². The van der Waals surface area contributed by atoms with Gasteiger partial charge in [-0.15, -0.1) is 22.9 Å². The van der Waals surface area contributed by atoms with E-state index in [0.717, 1.165) is 23.4 Å². The van der Waals surface area contributed by atoms with E-state index in [1.54, 1.807) is 0 Å². The lowest BCUT2D eigenvalue weighted by molar-refractivity contribution is 0.103. The van der Waals surface area contributed by atoms with Crippen molar-refractivity contribution in [1.82, 2.24) is 0 Å². The minimum atomic E-state index is -0.0560. The number of thiophene rings is 1. The summed E-state index contributed by atoms with van der Waals surface area (Å²) < 4.78 is 0. The Labute approximate surface area is 116 Å². The molecule has 1 amide bonds. The summed E-state index contributed by atoms with van der Waals surface area (Å²) in [7, 11) is 0. The van der Waals surface area contributed by atoms with E-state index in [4.69, 9.17) is 11.6 Å². The first-order valence-corrected chi connectivity index (χ1v) is 7.21. The largest absolute Gasteiger partial charge is 0.321 e. The number of halogens is 1. The SMILES string of the molecule is O=C(Nc1cccc(CCCCl)c1)c1cccs1. The zero-order valence-electron chi connectivity index (χ0n) is 9.86. The number of amides is 1. The van der Waals surface area contributed by atoms with Crippen molar-refractivity contribution in [2.75, 3.05) is 11.2 Å². The molecule has 0 unspecified atom stereocenters. The van der Waals surface area contributed by atoms with Crippen LogP contribution in [-0.2, 0) is 6.42 Å². The summed E-state index contributed by atoms with van der Waals surface area (Å²) >= 11 is 7.11.